The van der Waals surface area contributed by atoms with Gasteiger partial charge in [-0.3, -0.25) is 14.5 Å². The molecule has 1 aliphatic heterocycles. The molecule has 1 fully saturated rings. The van der Waals surface area contributed by atoms with Gasteiger partial charge in [-0.2, -0.15) is 5.26 Å². The van der Waals surface area contributed by atoms with E-state index in [1.165, 1.54) is 31.2 Å². The number of rotatable bonds is 4. The third-order valence-electron chi connectivity index (χ3n) is 4.37. The zero-order valence-electron chi connectivity index (χ0n) is 14.6. The van der Waals surface area contributed by atoms with Crippen molar-refractivity contribution < 1.29 is 23.2 Å². The van der Waals surface area contributed by atoms with Crippen molar-refractivity contribution in [1.29, 1.82) is 5.26 Å². The summed E-state index contributed by atoms with van der Waals surface area (Å²) in [6.45, 7) is 0.833. The molecule has 2 aromatic carbocycles. The molecule has 1 atom stereocenters. The molecule has 0 saturated carbocycles. The summed E-state index contributed by atoms with van der Waals surface area (Å²) < 4.78 is 26.6. The summed E-state index contributed by atoms with van der Waals surface area (Å²) in [6, 6.07) is 9.86. The molecule has 7 nitrogen and oxygen atoms in total. The predicted octanol–water partition coefficient (Wildman–Crippen LogP) is 2.24. The first kappa shape index (κ1) is 19.0. The number of carbonyl (C=O) groups excluding carboxylic acids is 3. The Kier molecular flexibility index (Phi) is 4.79. The van der Waals surface area contributed by atoms with Gasteiger partial charge in [-0.1, -0.05) is 12.1 Å². The maximum atomic E-state index is 13.6. The number of nitrogens with zero attached hydrogens (tertiary/aromatic N) is 2. The van der Waals surface area contributed by atoms with Crippen molar-refractivity contribution in [2.45, 2.75) is 12.5 Å². The molecule has 1 unspecified atom stereocenters. The van der Waals surface area contributed by atoms with Crippen LogP contribution >= 0.6 is 0 Å². The molecule has 1 heterocycles. The number of benzene rings is 2. The first-order chi connectivity index (χ1) is 13.2. The number of nitrogens with one attached hydrogen (secondary N) is 2. The van der Waals surface area contributed by atoms with Crippen LogP contribution in [0.2, 0.25) is 0 Å². The maximum Gasteiger partial charge on any atom is 0.325 e. The number of amides is 4. The van der Waals surface area contributed by atoms with Crippen LogP contribution in [0.25, 0.3) is 0 Å². The monoisotopic (exact) mass is 384 g/mol. The molecule has 0 aliphatic carbocycles. The highest BCUT2D eigenvalue weighted by Gasteiger charge is 2.49. The lowest BCUT2D eigenvalue weighted by molar-refractivity contribution is -0.133. The molecule has 0 spiro atoms. The van der Waals surface area contributed by atoms with Crippen LogP contribution in [0.3, 0.4) is 0 Å². The van der Waals surface area contributed by atoms with Crippen LogP contribution in [0, 0.1) is 23.0 Å². The van der Waals surface area contributed by atoms with Crippen molar-refractivity contribution in [3.05, 3.63) is 65.2 Å². The molecule has 0 radical (unpaired) electrons. The predicted molar refractivity (Wildman–Crippen MR) is 93.7 cm³/mol. The molecule has 9 heteroatoms. The largest absolute Gasteiger partial charge is 0.325 e. The quantitative estimate of drug-likeness (QED) is 0.789. The summed E-state index contributed by atoms with van der Waals surface area (Å²) in [6.07, 6.45) is 0. The minimum absolute atomic E-state index is 0.270. The lowest BCUT2D eigenvalue weighted by Gasteiger charge is -2.22. The van der Waals surface area contributed by atoms with Gasteiger partial charge in [0, 0.05) is 6.07 Å². The number of halogens is 2. The highest BCUT2D eigenvalue weighted by atomic mass is 19.1. The fourth-order valence-electron chi connectivity index (χ4n) is 2.84. The minimum atomic E-state index is -1.41. The minimum Gasteiger partial charge on any atom is -0.322 e. The molecule has 1 aliphatic rings. The van der Waals surface area contributed by atoms with Gasteiger partial charge in [-0.25, -0.2) is 13.6 Å². The summed E-state index contributed by atoms with van der Waals surface area (Å²) in [5, 5.41) is 13.6. The zero-order valence-corrected chi connectivity index (χ0v) is 14.6. The summed E-state index contributed by atoms with van der Waals surface area (Å²) >= 11 is 0. The summed E-state index contributed by atoms with van der Waals surface area (Å²) in [5.74, 6) is -3.27. The molecule has 28 heavy (non-hydrogen) atoms. The Morgan fingerprint density at radius 2 is 1.89 bits per heavy atom. The maximum absolute atomic E-state index is 13.6. The summed E-state index contributed by atoms with van der Waals surface area (Å²) in [7, 11) is 0. The number of hydrogen-bond acceptors (Lipinski definition) is 4. The molecule has 2 aromatic rings. The van der Waals surface area contributed by atoms with Gasteiger partial charge in [-0.05, 0) is 36.8 Å². The molecule has 4 amide bonds. The van der Waals surface area contributed by atoms with Crippen LogP contribution in [-0.4, -0.2) is 29.3 Å². The van der Waals surface area contributed by atoms with Gasteiger partial charge in [-0.15, -0.1) is 0 Å². The van der Waals surface area contributed by atoms with Crippen molar-refractivity contribution in [3.8, 4) is 6.07 Å². The fraction of sp³-hybridized carbons (Fsp3) is 0.158. The highest BCUT2D eigenvalue weighted by molar-refractivity contribution is 6.10. The van der Waals surface area contributed by atoms with E-state index in [1.807, 2.05) is 6.07 Å². The van der Waals surface area contributed by atoms with Gasteiger partial charge in [0.1, 0.15) is 23.7 Å². The first-order valence-corrected chi connectivity index (χ1v) is 8.14. The van der Waals surface area contributed by atoms with Crippen LogP contribution in [-0.2, 0) is 15.1 Å². The van der Waals surface area contributed by atoms with Crippen LogP contribution < -0.4 is 10.6 Å². The second-order valence-electron chi connectivity index (χ2n) is 6.31. The van der Waals surface area contributed by atoms with Gasteiger partial charge >= 0.3 is 6.03 Å². The highest BCUT2D eigenvalue weighted by Crippen LogP contribution is 2.29. The number of nitriles is 1. The zero-order chi connectivity index (χ0) is 20.5. The second kappa shape index (κ2) is 7.08. The standard InChI is InChI=1S/C19H14F2N4O3/c1-19(12-4-2-11(9-22)3-5-12)17(27)25(18(28)24-19)10-16(26)23-15-7-6-13(20)8-14(15)21/h2-8H,10H2,1H3,(H,23,26)(H,24,28). The Morgan fingerprint density at radius 1 is 1.21 bits per heavy atom. The number of anilines is 1. The van der Waals surface area contributed by atoms with Gasteiger partial charge in [0.25, 0.3) is 5.91 Å². The number of urea groups is 1. The van der Waals surface area contributed by atoms with E-state index in [-0.39, 0.29) is 5.69 Å². The average Bonchev–Trinajstić information content (AvgIpc) is 2.88. The van der Waals surface area contributed by atoms with Crippen molar-refractivity contribution >= 4 is 23.5 Å². The average molecular weight is 384 g/mol. The van der Waals surface area contributed by atoms with Gasteiger partial charge in [0.15, 0.2) is 0 Å². The van der Waals surface area contributed by atoms with E-state index in [9.17, 15) is 23.2 Å². The van der Waals surface area contributed by atoms with Crippen molar-refractivity contribution in [1.82, 2.24) is 10.2 Å². The lowest BCUT2D eigenvalue weighted by Crippen LogP contribution is -2.42. The van der Waals surface area contributed by atoms with Crippen molar-refractivity contribution in [3.63, 3.8) is 0 Å². The van der Waals surface area contributed by atoms with E-state index in [4.69, 9.17) is 5.26 Å². The summed E-state index contributed by atoms with van der Waals surface area (Å²) in [4.78, 5) is 37.8. The van der Waals surface area contributed by atoms with E-state index < -0.39 is 41.6 Å². The molecule has 0 aromatic heterocycles. The van der Waals surface area contributed by atoms with Crippen LogP contribution in [0.15, 0.2) is 42.5 Å². The van der Waals surface area contributed by atoms with Crippen molar-refractivity contribution in [2.24, 2.45) is 0 Å². The van der Waals surface area contributed by atoms with E-state index in [0.29, 0.717) is 22.1 Å². The molecule has 1 saturated heterocycles. The normalized spacial score (nSPS) is 18.6. The van der Waals surface area contributed by atoms with Gasteiger partial charge < -0.3 is 10.6 Å². The number of hydrogen-bond donors (Lipinski definition) is 2. The SMILES string of the molecule is CC1(c2ccc(C#N)cc2)NC(=O)N(CC(=O)Nc2ccc(F)cc2F)C1=O. The number of imide groups is 1. The van der Waals surface area contributed by atoms with E-state index in [0.717, 1.165) is 12.1 Å². The van der Waals surface area contributed by atoms with Crippen molar-refractivity contribution in [2.75, 3.05) is 11.9 Å². The number of carbonyl (C=O) groups is 3. The smallest absolute Gasteiger partial charge is 0.322 e. The Labute approximate surface area is 158 Å². The molecule has 2 N–H and O–H groups in total. The first-order valence-electron chi connectivity index (χ1n) is 8.14. The third-order valence-corrected chi connectivity index (χ3v) is 4.37. The second-order valence-corrected chi connectivity index (χ2v) is 6.31. The molecule has 0 bridgehead atoms. The molecular formula is C19H14F2N4O3. The van der Waals surface area contributed by atoms with E-state index >= 15 is 0 Å². The Hall–Kier alpha value is -3.80. The molecule has 3 rings (SSSR count). The Bertz CT molecular complexity index is 1020. The van der Waals surface area contributed by atoms with E-state index in [2.05, 4.69) is 10.6 Å². The summed E-state index contributed by atoms with van der Waals surface area (Å²) in [5.41, 5.74) is -0.848. The fourth-order valence-corrected chi connectivity index (χ4v) is 2.84. The van der Waals surface area contributed by atoms with E-state index in [1.54, 1.807) is 0 Å². The van der Waals surface area contributed by atoms with Crippen LogP contribution in [0.5, 0.6) is 0 Å². The molecular weight excluding hydrogens is 370 g/mol. The Morgan fingerprint density at radius 3 is 2.50 bits per heavy atom. The third kappa shape index (κ3) is 3.40. The molecule has 142 valence electrons. The van der Waals surface area contributed by atoms with Gasteiger partial charge in [0.2, 0.25) is 5.91 Å². The topological polar surface area (TPSA) is 102 Å². The van der Waals surface area contributed by atoms with Gasteiger partial charge in [0.05, 0.1) is 17.3 Å². The van der Waals surface area contributed by atoms with Crippen LogP contribution in [0.1, 0.15) is 18.1 Å². The van der Waals surface area contributed by atoms with Crippen LogP contribution in [0.4, 0.5) is 19.3 Å². The lowest BCUT2D eigenvalue weighted by atomic mass is 9.91. The Balaban J connectivity index is 1.76.